The molecule has 9 nitrogen and oxygen atoms in total. The highest BCUT2D eigenvalue weighted by Crippen LogP contribution is 2.39. The number of rotatable bonds is 4. The molecule has 128 valence electrons. The number of methoxy groups -OCH3 is 1. The third-order valence-electron chi connectivity index (χ3n) is 4.78. The average molecular weight is 320 g/mol. The number of hydrogen-bond acceptors (Lipinski definition) is 9. The molecule has 0 aromatic rings. The van der Waals surface area contributed by atoms with Crippen LogP contribution in [0.4, 0.5) is 0 Å². The Hall–Kier alpha value is -0.360. The largest absolute Gasteiger partial charge is 0.388 e. The highest BCUT2D eigenvalue weighted by molar-refractivity contribution is 5.04. The van der Waals surface area contributed by atoms with Crippen LogP contribution in [0.2, 0.25) is 0 Å². The van der Waals surface area contributed by atoms with Crippen molar-refractivity contribution >= 4 is 0 Å². The van der Waals surface area contributed by atoms with Gasteiger partial charge in [0.25, 0.3) is 0 Å². The Balaban J connectivity index is 1.66. The Bertz CT molecular complexity index is 395. The smallest absolute Gasteiger partial charge is 0.176 e. The minimum Gasteiger partial charge on any atom is -0.388 e. The van der Waals surface area contributed by atoms with Gasteiger partial charge in [-0.3, -0.25) is 0 Å². The van der Waals surface area contributed by atoms with E-state index in [4.69, 9.17) is 30.4 Å². The van der Waals surface area contributed by atoms with Crippen molar-refractivity contribution in [2.75, 3.05) is 13.7 Å². The predicted molar refractivity (Wildman–Crippen MR) is 72.7 cm³/mol. The van der Waals surface area contributed by atoms with Gasteiger partial charge in [0.1, 0.15) is 36.6 Å². The second-order valence-corrected chi connectivity index (χ2v) is 6.08. The topological polar surface area (TPSA) is 150 Å². The van der Waals surface area contributed by atoms with Crippen molar-refractivity contribution in [3.63, 3.8) is 0 Å². The summed E-state index contributed by atoms with van der Waals surface area (Å²) < 4.78 is 22.2. The molecule has 0 unspecified atom stereocenters. The monoisotopic (exact) mass is 320 g/mol. The quantitative estimate of drug-likeness (QED) is 0.358. The zero-order valence-electron chi connectivity index (χ0n) is 12.3. The Kier molecular flexibility index (Phi) is 4.70. The van der Waals surface area contributed by atoms with Crippen LogP contribution in [-0.4, -0.2) is 90.1 Å². The Morgan fingerprint density at radius 1 is 1.14 bits per heavy atom. The van der Waals surface area contributed by atoms with Crippen molar-refractivity contribution in [3.8, 4) is 0 Å². The van der Waals surface area contributed by atoms with Crippen LogP contribution in [0.15, 0.2) is 0 Å². The molecule has 7 N–H and O–H groups in total. The summed E-state index contributed by atoms with van der Waals surface area (Å²) in [7, 11) is 1.57. The van der Waals surface area contributed by atoms with Gasteiger partial charge in [0.05, 0.1) is 18.2 Å². The first-order chi connectivity index (χ1) is 10.5. The van der Waals surface area contributed by atoms with Gasteiger partial charge in [0, 0.05) is 20.1 Å². The number of aliphatic hydroxyl groups excluding tert-OH is 3. The van der Waals surface area contributed by atoms with Crippen LogP contribution < -0.4 is 11.5 Å². The van der Waals surface area contributed by atoms with E-state index >= 15 is 0 Å². The fourth-order valence-corrected chi connectivity index (χ4v) is 3.45. The zero-order chi connectivity index (χ0) is 16.0. The minimum atomic E-state index is -1.21. The molecule has 3 rings (SSSR count). The van der Waals surface area contributed by atoms with E-state index in [9.17, 15) is 15.3 Å². The Morgan fingerprint density at radius 3 is 2.45 bits per heavy atom. The molecule has 0 radical (unpaired) electrons. The second-order valence-electron chi connectivity index (χ2n) is 6.08. The fraction of sp³-hybridized carbons (Fsp3) is 1.00. The molecule has 3 heterocycles. The van der Waals surface area contributed by atoms with E-state index in [1.165, 1.54) is 0 Å². The van der Waals surface area contributed by atoms with Crippen molar-refractivity contribution in [2.45, 2.75) is 67.6 Å². The molecule has 3 aliphatic rings. The van der Waals surface area contributed by atoms with Gasteiger partial charge in [-0.15, -0.1) is 0 Å². The lowest BCUT2D eigenvalue weighted by Gasteiger charge is -2.42. The van der Waals surface area contributed by atoms with Crippen LogP contribution in [0, 0.1) is 0 Å². The summed E-state index contributed by atoms with van der Waals surface area (Å²) in [5, 5.41) is 30.1. The Morgan fingerprint density at radius 2 is 1.86 bits per heavy atom. The summed E-state index contributed by atoms with van der Waals surface area (Å²) in [6.45, 7) is 0.0202. The lowest BCUT2D eigenvalue weighted by Crippen LogP contribution is -2.64. The molecule has 3 fully saturated rings. The van der Waals surface area contributed by atoms with E-state index in [2.05, 4.69) is 0 Å². The molecule has 0 spiro atoms. The van der Waals surface area contributed by atoms with Gasteiger partial charge in [0.2, 0.25) is 0 Å². The molecule has 9 heteroatoms. The van der Waals surface area contributed by atoms with Crippen LogP contribution in [0.5, 0.6) is 0 Å². The summed E-state index contributed by atoms with van der Waals surface area (Å²) in [5.41, 5.74) is 11.4. The van der Waals surface area contributed by atoms with Crippen LogP contribution >= 0.6 is 0 Å². The lowest BCUT2D eigenvalue weighted by molar-refractivity contribution is -0.280. The Labute approximate surface area is 128 Å². The molecular formula is C13H24N2O7. The maximum Gasteiger partial charge on any atom is 0.176 e. The molecule has 22 heavy (non-hydrogen) atoms. The maximum atomic E-state index is 10.3. The van der Waals surface area contributed by atoms with E-state index in [0.717, 1.165) is 0 Å². The van der Waals surface area contributed by atoms with Gasteiger partial charge in [-0.25, -0.2) is 0 Å². The molecule has 10 atom stereocenters. The summed E-state index contributed by atoms with van der Waals surface area (Å²) in [5.74, 6) is 0. The van der Waals surface area contributed by atoms with Crippen molar-refractivity contribution < 1.29 is 34.3 Å². The van der Waals surface area contributed by atoms with Crippen LogP contribution in [0.25, 0.3) is 0 Å². The van der Waals surface area contributed by atoms with Gasteiger partial charge in [-0.1, -0.05) is 0 Å². The molecule has 3 saturated heterocycles. The summed E-state index contributed by atoms with van der Waals surface area (Å²) >= 11 is 0. The van der Waals surface area contributed by atoms with Gasteiger partial charge in [0.15, 0.2) is 6.29 Å². The number of ether oxygens (including phenoxy) is 4. The number of nitrogens with two attached hydrogens (primary N) is 2. The third kappa shape index (κ3) is 2.56. The molecule has 3 aliphatic heterocycles. The second kappa shape index (κ2) is 6.27. The number of fused-ring (bicyclic) bond motifs is 2. The van der Waals surface area contributed by atoms with E-state index in [-0.39, 0.29) is 18.8 Å². The SMILES string of the molecule is CO[C@H]1C[C@H]2O[C@@H]1[C@@H](O)[C@@H]2O[C@H]1O[C@H](CN)[C@@H](O)[C@H](O)[C@H]1N. The molecule has 0 saturated carbocycles. The van der Waals surface area contributed by atoms with E-state index in [1.807, 2.05) is 0 Å². The van der Waals surface area contributed by atoms with Crippen molar-refractivity contribution in [2.24, 2.45) is 11.5 Å². The van der Waals surface area contributed by atoms with E-state index < -0.39 is 49.0 Å². The molecular weight excluding hydrogens is 296 g/mol. The van der Waals surface area contributed by atoms with Crippen LogP contribution in [-0.2, 0) is 18.9 Å². The first-order valence-corrected chi connectivity index (χ1v) is 7.47. The van der Waals surface area contributed by atoms with Crippen molar-refractivity contribution in [1.29, 1.82) is 0 Å². The van der Waals surface area contributed by atoms with Crippen LogP contribution in [0.1, 0.15) is 6.42 Å². The summed E-state index contributed by atoms with van der Waals surface area (Å²) in [6.07, 6.45) is -5.93. The standard InChI is InChI=1S/C13H24N2O7/c1-19-4-2-5-12(10(18)11(4)20-5)22-13-7(15)9(17)8(16)6(3-14)21-13/h4-13,16-18H,2-3,14-15H2,1H3/t4-,5+,6+,7+,8+,9+,10+,11-,12+,13+/m0/s1. The third-order valence-corrected chi connectivity index (χ3v) is 4.78. The average Bonchev–Trinajstić information content (AvgIpc) is 3.07. The minimum absolute atomic E-state index is 0.0202. The highest BCUT2D eigenvalue weighted by atomic mass is 16.7. The molecule has 0 aromatic heterocycles. The molecule has 2 bridgehead atoms. The molecule has 0 amide bonds. The van der Waals surface area contributed by atoms with E-state index in [1.54, 1.807) is 7.11 Å². The summed E-state index contributed by atoms with van der Waals surface area (Å²) in [6, 6.07) is -0.942. The van der Waals surface area contributed by atoms with Crippen molar-refractivity contribution in [1.82, 2.24) is 0 Å². The highest BCUT2D eigenvalue weighted by Gasteiger charge is 2.56. The van der Waals surface area contributed by atoms with Gasteiger partial charge in [-0.2, -0.15) is 0 Å². The molecule has 0 aliphatic carbocycles. The van der Waals surface area contributed by atoms with Gasteiger partial charge in [-0.05, 0) is 0 Å². The first kappa shape index (κ1) is 16.5. The summed E-state index contributed by atoms with van der Waals surface area (Å²) in [4.78, 5) is 0. The number of aliphatic hydroxyl groups is 3. The fourth-order valence-electron chi connectivity index (χ4n) is 3.45. The predicted octanol–water partition coefficient (Wildman–Crippen LogP) is -3.35. The molecule has 0 aromatic carbocycles. The van der Waals surface area contributed by atoms with Crippen LogP contribution in [0.3, 0.4) is 0 Å². The van der Waals surface area contributed by atoms with Gasteiger partial charge >= 0.3 is 0 Å². The van der Waals surface area contributed by atoms with Crippen molar-refractivity contribution in [3.05, 3.63) is 0 Å². The normalized spacial score (nSPS) is 54.8. The maximum absolute atomic E-state index is 10.3. The van der Waals surface area contributed by atoms with E-state index in [0.29, 0.717) is 6.42 Å². The lowest BCUT2D eigenvalue weighted by atomic mass is 9.91. The first-order valence-electron chi connectivity index (χ1n) is 7.47. The zero-order valence-corrected chi connectivity index (χ0v) is 12.3. The number of hydrogen-bond donors (Lipinski definition) is 5. The van der Waals surface area contributed by atoms with Gasteiger partial charge < -0.3 is 45.7 Å².